The highest BCUT2D eigenvalue weighted by Gasteiger charge is 2.12. The number of nitrogens with two attached hydrogens (primary N) is 1. The standard InChI is InChI=1S/C15H25N3O3/c1-3-17-15(20)10-18(2)9-13(19)11-21-14-6-4-5-12(7-14)8-16/h4-7,13,19H,3,8-11,16H2,1-2H3,(H,17,20). The Kier molecular flexibility index (Phi) is 7.74. The second kappa shape index (κ2) is 9.33. The second-order valence-electron chi connectivity index (χ2n) is 4.97. The lowest BCUT2D eigenvalue weighted by Crippen LogP contribution is -2.40. The van der Waals surface area contributed by atoms with E-state index in [0.29, 0.717) is 25.4 Å². The van der Waals surface area contributed by atoms with Gasteiger partial charge >= 0.3 is 0 Å². The summed E-state index contributed by atoms with van der Waals surface area (Å²) in [4.78, 5) is 13.2. The Labute approximate surface area is 125 Å². The van der Waals surface area contributed by atoms with Crippen LogP contribution in [0.1, 0.15) is 12.5 Å². The Morgan fingerprint density at radius 1 is 1.52 bits per heavy atom. The summed E-state index contributed by atoms with van der Waals surface area (Å²) in [5.41, 5.74) is 6.54. The summed E-state index contributed by atoms with van der Waals surface area (Å²) in [6.07, 6.45) is -0.661. The highest BCUT2D eigenvalue weighted by atomic mass is 16.5. The zero-order valence-electron chi connectivity index (χ0n) is 12.7. The van der Waals surface area contributed by atoms with Crippen LogP contribution >= 0.6 is 0 Å². The van der Waals surface area contributed by atoms with E-state index >= 15 is 0 Å². The van der Waals surface area contributed by atoms with E-state index in [1.54, 1.807) is 11.9 Å². The number of likely N-dealkylation sites (N-methyl/N-ethyl adjacent to an activating group) is 2. The first-order valence-corrected chi connectivity index (χ1v) is 7.10. The average molecular weight is 295 g/mol. The first-order valence-electron chi connectivity index (χ1n) is 7.10. The molecule has 0 spiro atoms. The van der Waals surface area contributed by atoms with Gasteiger partial charge in [0.2, 0.25) is 5.91 Å². The number of ether oxygens (including phenoxy) is 1. The van der Waals surface area contributed by atoms with E-state index in [1.807, 2.05) is 31.2 Å². The summed E-state index contributed by atoms with van der Waals surface area (Å²) in [6, 6.07) is 7.46. The largest absolute Gasteiger partial charge is 0.491 e. The maximum absolute atomic E-state index is 11.4. The smallest absolute Gasteiger partial charge is 0.234 e. The van der Waals surface area contributed by atoms with Gasteiger partial charge in [0.15, 0.2) is 0 Å². The molecule has 0 aliphatic rings. The highest BCUT2D eigenvalue weighted by molar-refractivity contribution is 5.77. The Hall–Kier alpha value is -1.63. The van der Waals surface area contributed by atoms with E-state index in [-0.39, 0.29) is 19.1 Å². The number of hydrogen-bond acceptors (Lipinski definition) is 5. The minimum atomic E-state index is -0.661. The molecular weight excluding hydrogens is 270 g/mol. The Balaban J connectivity index is 2.32. The number of benzene rings is 1. The van der Waals surface area contributed by atoms with Gasteiger partial charge in [-0.05, 0) is 31.7 Å². The van der Waals surface area contributed by atoms with Crippen molar-refractivity contribution in [2.45, 2.75) is 19.6 Å². The molecule has 0 aromatic heterocycles. The average Bonchev–Trinajstić information content (AvgIpc) is 2.45. The number of rotatable bonds is 9. The molecule has 0 aliphatic carbocycles. The molecule has 1 rings (SSSR count). The lowest BCUT2D eigenvalue weighted by atomic mass is 10.2. The van der Waals surface area contributed by atoms with Gasteiger partial charge in [-0.3, -0.25) is 9.69 Å². The number of aliphatic hydroxyl groups excluding tert-OH is 1. The second-order valence-corrected chi connectivity index (χ2v) is 4.97. The van der Waals surface area contributed by atoms with Gasteiger partial charge in [0, 0.05) is 19.6 Å². The van der Waals surface area contributed by atoms with E-state index < -0.39 is 6.10 Å². The molecule has 0 aliphatic heterocycles. The summed E-state index contributed by atoms with van der Waals surface area (Å²) < 4.78 is 5.53. The fourth-order valence-corrected chi connectivity index (χ4v) is 1.93. The van der Waals surface area contributed by atoms with Gasteiger partial charge in [-0.25, -0.2) is 0 Å². The fraction of sp³-hybridized carbons (Fsp3) is 0.533. The van der Waals surface area contributed by atoms with Crippen molar-refractivity contribution in [3.05, 3.63) is 29.8 Å². The van der Waals surface area contributed by atoms with Gasteiger partial charge in [0.05, 0.1) is 6.54 Å². The highest BCUT2D eigenvalue weighted by Crippen LogP contribution is 2.13. The number of nitrogens with one attached hydrogen (secondary N) is 1. The zero-order valence-corrected chi connectivity index (χ0v) is 12.7. The number of nitrogens with zero attached hydrogens (tertiary/aromatic N) is 1. The van der Waals surface area contributed by atoms with Crippen molar-refractivity contribution in [3.63, 3.8) is 0 Å². The van der Waals surface area contributed by atoms with E-state index in [4.69, 9.17) is 10.5 Å². The molecule has 0 saturated carbocycles. The van der Waals surface area contributed by atoms with Crippen LogP contribution in [0.5, 0.6) is 5.75 Å². The van der Waals surface area contributed by atoms with Crippen LogP contribution < -0.4 is 15.8 Å². The molecule has 21 heavy (non-hydrogen) atoms. The first-order chi connectivity index (χ1) is 10.0. The number of carbonyl (C=O) groups excluding carboxylic acids is 1. The SMILES string of the molecule is CCNC(=O)CN(C)CC(O)COc1cccc(CN)c1. The molecule has 1 aromatic carbocycles. The van der Waals surface area contributed by atoms with Crippen LogP contribution in [0, 0.1) is 0 Å². The molecular formula is C15H25N3O3. The van der Waals surface area contributed by atoms with Crippen molar-refractivity contribution in [2.75, 3.05) is 33.3 Å². The number of amides is 1. The minimum absolute atomic E-state index is 0.0521. The molecule has 0 saturated heterocycles. The monoisotopic (exact) mass is 295 g/mol. The summed E-state index contributed by atoms with van der Waals surface area (Å²) in [6.45, 7) is 3.73. The van der Waals surface area contributed by atoms with E-state index in [0.717, 1.165) is 5.56 Å². The first kappa shape index (κ1) is 17.4. The lowest BCUT2D eigenvalue weighted by molar-refractivity contribution is -0.122. The third-order valence-electron chi connectivity index (χ3n) is 2.89. The summed E-state index contributed by atoms with van der Waals surface area (Å²) >= 11 is 0. The van der Waals surface area contributed by atoms with Crippen LogP contribution in [0.4, 0.5) is 0 Å². The topological polar surface area (TPSA) is 87.8 Å². The predicted octanol–water partition coefficient (Wildman–Crippen LogP) is -0.0471. The van der Waals surface area contributed by atoms with Gasteiger partial charge in [-0.2, -0.15) is 0 Å². The van der Waals surface area contributed by atoms with Crippen molar-refractivity contribution in [3.8, 4) is 5.75 Å². The van der Waals surface area contributed by atoms with Crippen molar-refractivity contribution in [1.82, 2.24) is 10.2 Å². The molecule has 118 valence electrons. The minimum Gasteiger partial charge on any atom is -0.491 e. The molecule has 0 heterocycles. The third-order valence-corrected chi connectivity index (χ3v) is 2.89. The van der Waals surface area contributed by atoms with Crippen LogP contribution in [-0.2, 0) is 11.3 Å². The van der Waals surface area contributed by atoms with Gasteiger partial charge in [0.1, 0.15) is 18.5 Å². The maximum Gasteiger partial charge on any atom is 0.234 e. The molecule has 6 heteroatoms. The van der Waals surface area contributed by atoms with Gasteiger partial charge in [-0.15, -0.1) is 0 Å². The summed E-state index contributed by atoms with van der Waals surface area (Å²) in [5, 5.41) is 12.6. The molecule has 1 atom stereocenters. The van der Waals surface area contributed by atoms with Crippen LogP contribution in [0.3, 0.4) is 0 Å². The van der Waals surface area contributed by atoms with Crippen molar-refractivity contribution in [2.24, 2.45) is 5.73 Å². The Morgan fingerprint density at radius 3 is 2.95 bits per heavy atom. The molecule has 1 amide bonds. The van der Waals surface area contributed by atoms with Crippen LogP contribution in [0.2, 0.25) is 0 Å². The molecule has 0 bridgehead atoms. The van der Waals surface area contributed by atoms with E-state index in [2.05, 4.69) is 5.32 Å². The molecule has 1 aromatic rings. The molecule has 6 nitrogen and oxygen atoms in total. The third kappa shape index (κ3) is 7.08. The zero-order chi connectivity index (χ0) is 15.7. The van der Waals surface area contributed by atoms with Crippen molar-refractivity contribution < 1.29 is 14.6 Å². The molecule has 0 fully saturated rings. The number of aliphatic hydroxyl groups is 1. The normalized spacial score (nSPS) is 12.2. The molecule has 4 N–H and O–H groups in total. The van der Waals surface area contributed by atoms with E-state index in [1.165, 1.54) is 0 Å². The van der Waals surface area contributed by atoms with Crippen LogP contribution in [0.25, 0.3) is 0 Å². The maximum atomic E-state index is 11.4. The van der Waals surface area contributed by atoms with Crippen LogP contribution in [-0.4, -0.2) is 55.3 Å². The van der Waals surface area contributed by atoms with Crippen LogP contribution in [0.15, 0.2) is 24.3 Å². The fourth-order valence-electron chi connectivity index (χ4n) is 1.93. The van der Waals surface area contributed by atoms with Gasteiger partial charge in [-0.1, -0.05) is 12.1 Å². The van der Waals surface area contributed by atoms with Gasteiger partial charge in [0.25, 0.3) is 0 Å². The Morgan fingerprint density at radius 2 is 2.29 bits per heavy atom. The van der Waals surface area contributed by atoms with E-state index in [9.17, 15) is 9.90 Å². The lowest BCUT2D eigenvalue weighted by Gasteiger charge is -2.20. The molecule has 1 unspecified atom stereocenters. The number of hydrogen-bond donors (Lipinski definition) is 3. The Bertz CT molecular complexity index is 440. The summed E-state index contributed by atoms with van der Waals surface area (Å²) in [7, 11) is 1.79. The summed E-state index contributed by atoms with van der Waals surface area (Å²) in [5.74, 6) is 0.632. The quantitative estimate of drug-likeness (QED) is 0.595. The molecule has 0 radical (unpaired) electrons. The predicted molar refractivity (Wildman–Crippen MR) is 82.0 cm³/mol. The van der Waals surface area contributed by atoms with Crippen molar-refractivity contribution >= 4 is 5.91 Å². The van der Waals surface area contributed by atoms with Crippen molar-refractivity contribution in [1.29, 1.82) is 0 Å². The number of carbonyl (C=O) groups is 1. The van der Waals surface area contributed by atoms with Gasteiger partial charge < -0.3 is 20.9 Å².